The molecule has 8 heteroatoms. The minimum absolute atomic E-state index is 0.262. The van der Waals surface area contributed by atoms with E-state index >= 15 is 0 Å². The predicted molar refractivity (Wildman–Crippen MR) is 135 cm³/mol. The molecule has 6 nitrogen and oxygen atoms in total. The number of ether oxygens (including phenoxy) is 1. The van der Waals surface area contributed by atoms with Crippen molar-refractivity contribution >= 4 is 44.0 Å². The molecule has 166 valence electrons. The lowest BCUT2D eigenvalue weighted by molar-refractivity contribution is 0.0948. The normalized spacial score (nSPS) is 11.0. The second kappa shape index (κ2) is 11.1. The molecular weight excluding hydrogens is 548 g/mol. The second-order valence-electron chi connectivity index (χ2n) is 7.16. The Hall–Kier alpha value is -3.23. The van der Waals surface area contributed by atoms with Gasteiger partial charge in [-0.1, -0.05) is 70.5 Å². The maximum atomic E-state index is 12.6. The molecule has 0 unspecified atom stereocenters. The summed E-state index contributed by atoms with van der Waals surface area (Å²) in [6.45, 7) is 0.995. The monoisotopic (exact) mass is 566 g/mol. The average Bonchev–Trinajstić information content (AvgIpc) is 3.20. The molecule has 0 aliphatic rings. The summed E-state index contributed by atoms with van der Waals surface area (Å²) in [6, 6.07) is 25.4. The molecule has 0 radical (unpaired) electrons. The van der Waals surface area contributed by atoms with Gasteiger partial charge in [0.25, 0.3) is 5.91 Å². The van der Waals surface area contributed by atoms with Crippen LogP contribution in [0.5, 0.6) is 5.75 Å². The van der Waals surface area contributed by atoms with Gasteiger partial charge in [0.2, 0.25) is 0 Å². The van der Waals surface area contributed by atoms with Crippen molar-refractivity contribution < 1.29 is 9.53 Å². The van der Waals surface area contributed by atoms with Crippen molar-refractivity contribution in [3.8, 4) is 5.75 Å². The van der Waals surface area contributed by atoms with Crippen molar-refractivity contribution in [3.63, 3.8) is 0 Å². The topological polar surface area (TPSA) is 68.5 Å². The molecule has 4 aromatic rings. The lowest BCUT2D eigenvalue weighted by atomic mass is 10.2. The number of hydrazone groups is 1. The van der Waals surface area contributed by atoms with E-state index in [1.807, 2.05) is 78.9 Å². The number of nitrogens with zero attached hydrogens (tertiary/aromatic N) is 3. The highest BCUT2D eigenvalue weighted by Gasteiger charge is 2.15. The van der Waals surface area contributed by atoms with Crippen LogP contribution in [0.3, 0.4) is 0 Å². The Morgan fingerprint density at radius 3 is 2.48 bits per heavy atom. The van der Waals surface area contributed by atoms with Crippen LogP contribution in [0, 0.1) is 0 Å². The molecular formula is C25H20Br2N4O2. The van der Waals surface area contributed by atoms with Crippen LogP contribution in [-0.4, -0.2) is 21.9 Å². The zero-order valence-electron chi connectivity index (χ0n) is 17.5. The third kappa shape index (κ3) is 6.40. The molecule has 0 atom stereocenters. The van der Waals surface area contributed by atoms with Crippen LogP contribution in [0.1, 0.15) is 27.2 Å². The van der Waals surface area contributed by atoms with E-state index in [0.717, 1.165) is 21.2 Å². The van der Waals surface area contributed by atoms with Gasteiger partial charge in [0.05, 0.1) is 17.2 Å². The van der Waals surface area contributed by atoms with Gasteiger partial charge in [0.1, 0.15) is 12.4 Å². The molecule has 1 N–H and O–H groups in total. The fourth-order valence-electron chi connectivity index (χ4n) is 3.08. The molecule has 1 amide bonds. The third-order valence-electron chi connectivity index (χ3n) is 4.72. The smallest absolute Gasteiger partial charge is 0.293 e. The van der Waals surface area contributed by atoms with Crippen LogP contribution >= 0.6 is 31.9 Å². The SMILES string of the molecule is O=C(N/N=C/c1ccccc1OCc1ccccc1)c1nn(Cc2ccc(Br)cc2)cc1Br. The van der Waals surface area contributed by atoms with Crippen LogP contribution in [-0.2, 0) is 13.2 Å². The predicted octanol–water partition coefficient (Wildman–Crippen LogP) is 5.80. The Morgan fingerprint density at radius 2 is 1.70 bits per heavy atom. The maximum absolute atomic E-state index is 12.6. The van der Waals surface area contributed by atoms with Crippen molar-refractivity contribution in [1.82, 2.24) is 15.2 Å². The van der Waals surface area contributed by atoms with Gasteiger partial charge in [0.15, 0.2) is 5.69 Å². The van der Waals surface area contributed by atoms with Gasteiger partial charge in [-0.25, -0.2) is 5.43 Å². The summed E-state index contributed by atoms with van der Waals surface area (Å²) in [5.74, 6) is 0.273. The van der Waals surface area contributed by atoms with E-state index in [-0.39, 0.29) is 5.69 Å². The van der Waals surface area contributed by atoms with Crippen LogP contribution in [0.2, 0.25) is 0 Å². The first-order valence-corrected chi connectivity index (χ1v) is 11.7. The summed E-state index contributed by atoms with van der Waals surface area (Å²) < 4.78 is 9.24. The Morgan fingerprint density at radius 1 is 0.970 bits per heavy atom. The quantitative estimate of drug-likeness (QED) is 0.216. The minimum Gasteiger partial charge on any atom is -0.488 e. The first-order valence-electron chi connectivity index (χ1n) is 10.1. The molecule has 0 aliphatic heterocycles. The first-order chi connectivity index (χ1) is 16.1. The van der Waals surface area contributed by atoms with E-state index in [4.69, 9.17) is 4.74 Å². The zero-order valence-corrected chi connectivity index (χ0v) is 20.7. The molecule has 0 spiro atoms. The van der Waals surface area contributed by atoms with E-state index in [1.54, 1.807) is 17.1 Å². The highest BCUT2D eigenvalue weighted by molar-refractivity contribution is 9.10. The fourth-order valence-corrected chi connectivity index (χ4v) is 3.84. The maximum Gasteiger partial charge on any atom is 0.293 e. The molecule has 0 fully saturated rings. The van der Waals surface area contributed by atoms with Crippen molar-refractivity contribution in [2.75, 3.05) is 0 Å². The molecule has 1 heterocycles. The summed E-state index contributed by atoms with van der Waals surface area (Å²) in [5, 5.41) is 8.48. The molecule has 0 saturated carbocycles. The highest BCUT2D eigenvalue weighted by atomic mass is 79.9. The second-order valence-corrected chi connectivity index (χ2v) is 8.93. The summed E-state index contributed by atoms with van der Waals surface area (Å²) >= 11 is 6.84. The Bertz CT molecular complexity index is 1260. The molecule has 33 heavy (non-hydrogen) atoms. The van der Waals surface area contributed by atoms with Crippen LogP contribution in [0.15, 0.2) is 99.1 Å². The number of aromatic nitrogens is 2. The molecule has 0 saturated heterocycles. The number of rotatable bonds is 8. The molecule has 0 aliphatic carbocycles. The van der Waals surface area contributed by atoms with Crippen molar-refractivity contribution in [2.24, 2.45) is 5.10 Å². The van der Waals surface area contributed by atoms with Crippen LogP contribution in [0.4, 0.5) is 0 Å². The van der Waals surface area contributed by atoms with E-state index in [1.165, 1.54) is 0 Å². The van der Waals surface area contributed by atoms with E-state index in [2.05, 4.69) is 47.5 Å². The van der Waals surface area contributed by atoms with E-state index < -0.39 is 5.91 Å². The lowest BCUT2D eigenvalue weighted by Crippen LogP contribution is -2.19. The molecule has 4 rings (SSSR count). The number of amides is 1. The Balaban J connectivity index is 1.38. The zero-order chi connectivity index (χ0) is 23.0. The van der Waals surface area contributed by atoms with Crippen molar-refractivity contribution in [1.29, 1.82) is 0 Å². The number of hydrogen-bond acceptors (Lipinski definition) is 4. The molecule has 0 bridgehead atoms. The average molecular weight is 568 g/mol. The largest absolute Gasteiger partial charge is 0.488 e. The van der Waals surface area contributed by atoms with Crippen LogP contribution in [0.25, 0.3) is 0 Å². The summed E-state index contributed by atoms with van der Waals surface area (Å²) in [5.41, 5.74) is 5.70. The number of para-hydroxylation sites is 1. The van der Waals surface area contributed by atoms with Gasteiger partial charge >= 0.3 is 0 Å². The number of carbonyl (C=O) groups excluding carboxylic acids is 1. The molecule has 1 aromatic heterocycles. The van der Waals surface area contributed by atoms with Gasteiger partial charge in [0, 0.05) is 16.2 Å². The number of halogens is 2. The van der Waals surface area contributed by atoms with E-state index in [0.29, 0.717) is 23.4 Å². The van der Waals surface area contributed by atoms with Crippen molar-refractivity contribution in [3.05, 3.63) is 116 Å². The number of carbonyl (C=O) groups is 1. The Labute approximate surface area is 208 Å². The van der Waals surface area contributed by atoms with E-state index in [9.17, 15) is 4.79 Å². The number of nitrogens with one attached hydrogen (secondary N) is 1. The first kappa shape index (κ1) is 22.9. The van der Waals surface area contributed by atoms with Gasteiger partial charge in [-0.3, -0.25) is 9.48 Å². The fraction of sp³-hybridized carbons (Fsp3) is 0.0800. The Kier molecular flexibility index (Phi) is 7.70. The van der Waals surface area contributed by atoms with Gasteiger partial charge < -0.3 is 4.74 Å². The lowest BCUT2D eigenvalue weighted by Gasteiger charge is -2.08. The van der Waals surface area contributed by atoms with Gasteiger partial charge in [-0.2, -0.15) is 10.2 Å². The van der Waals surface area contributed by atoms with Gasteiger partial charge in [-0.15, -0.1) is 0 Å². The summed E-state index contributed by atoms with van der Waals surface area (Å²) in [6.07, 6.45) is 3.33. The number of benzene rings is 3. The van der Waals surface area contributed by atoms with Gasteiger partial charge in [-0.05, 0) is 51.3 Å². The highest BCUT2D eigenvalue weighted by Crippen LogP contribution is 2.19. The van der Waals surface area contributed by atoms with Crippen molar-refractivity contribution in [2.45, 2.75) is 13.2 Å². The minimum atomic E-state index is -0.407. The third-order valence-corrected chi connectivity index (χ3v) is 5.82. The summed E-state index contributed by atoms with van der Waals surface area (Å²) in [7, 11) is 0. The van der Waals surface area contributed by atoms with Crippen LogP contribution < -0.4 is 10.2 Å². The standard InChI is InChI=1S/C25H20Br2N4O2/c26-21-12-10-18(11-13-21)15-31-16-22(27)24(30-31)25(32)29-28-14-20-8-4-5-9-23(20)33-17-19-6-2-1-3-7-19/h1-14,16H,15,17H2,(H,29,32)/b28-14+. The summed E-state index contributed by atoms with van der Waals surface area (Å²) in [4.78, 5) is 12.6. The molecule has 3 aromatic carbocycles. The number of hydrogen-bond donors (Lipinski definition) is 1.